The van der Waals surface area contributed by atoms with Crippen LogP contribution >= 0.6 is 0 Å². The number of hydrogen-bond acceptors (Lipinski definition) is 5. The number of pyridine rings is 1. The lowest BCUT2D eigenvalue weighted by Crippen LogP contribution is -2.32. The summed E-state index contributed by atoms with van der Waals surface area (Å²) in [5.74, 6) is 0.432. The summed E-state index contributed by atoms with van der Waals surface area (Å²) < 4.78 is 0. The van der Waals surface area contributed by atoms with Crippen molar-refractivity contribution in [3.8, 4) is 17.2 Å². The van der Waals surface area contributed by atoms with Crippen molar-refractivity contribution in [3.05, 3.63) is 88.8 Å². The van der Waals surface area contributed by atoms with Crippen molar-refractivity contribution in [1.29, 1.82) is 5.26 Å². The Morgan fingerprint density at radius 3 is 2.53 bits per heavy atom. The zero-order valence-corrected chi connectivity index (χ0v) is 25.1. The smallest absolute Gasteiger partial charge is 0.255 e. The largest absolute Gasteiger partial charge is 0.390 e. The van der Waals surface area contributed by atoms with E-state index in [2.05, 4.69) is 44.9 Å². The Kier molecular flexibility index (Phi) is 8.45. The fraction of sp³-hybridized carbons (Fsp3) is 0.343. The van der Waals surface area contributed by atoms with Gasteiger partial charge in [0, 0.05) is 35.0 Å². The highest BCUT2D eigenvalue weighted by Gasteiger charge is 2.30. The summed E-state index contributed by atoms with van der Waals surface area (Å²) >= 11 is 0. The summed E-state index contributed by atoms with van der Waals surface area (Å²) in [4.78, 5) is 34.3. The van der Waals surface area contributed by atoms with Gasteiger partial charge < -0.3 is 16.4 Å². The molecule has 5 rings (SSSR count). The van der Waals surface area contributed by atoms with E-state index in [4.69, 9.17) is 5.73 Å². The minimum atomic E-state index is -0.806. The molecule has 1 aromatic heterocycles. The number of carbonyl (C=O) groups is 2. The average Bonchev–Trinajstić information content (AvgIpc) is 3.91. The second-order valence-electron chi connectivity index (χ2n) is 12.2. The SMILES string of the molecule is Cc1ccc(NC(=O)c2ccnc(C(C)(C)C#N)c2)cc1-c1cc(/C(=C/C(C)NC(=O)C2CC2)N=CN)cc(C2CC2)c1. The third-order valence-corrected chi connectivity index (χ3v) is 7.99. The first kappa shape index (κ1) is 29.7. The van der Waals surface area contributed by atoms with Gasteiger partial charge in [0.2, 0.25) is 5.91 Å². The summed E-state index contributed by atoms with van der Waals surface area (Å²) in [6.07, 6.45) is 8.97. The van der Waals surface area contributed by atoms with Gasteiger partial charge in [-0.1, -0.05) is 12.1 Å². The number of anilines is 1. The number of nitrogens with one attached hydrogen (secondary N) is 2. The molecule has 43 heavy (non-hydrogen) atoms. The summed E-state index contributed by atoms with van der Waals surface area (Å²) in [6, 6.07) is 17.7. The molecule has 0 aliphatic heterocycles. The first-order valence-corrected chi connectivity index (χ1v) is 14.8. The Labute approximate surface area is 253 Å². The molecular formula is C35H38N6O2. The molecule has 2 amide bonds. The van der Waals surface area contributed by atoms with Crippen molar-refractivity contribution in [2.45, 2.75) is 70.8 Å². The predicted octanol–water partition coefficient (Wildman–Crippen LogP) is 6.23. The minimum Gasteiger partial charge on any atom is -0.390 e. The van der Waals surface area contributed by atoms with Crippen LogP contribution in [0.4, 0.5) is 5.69 Å². The fourth-order valence-electron chi connectivity index (χ4n) is 5.05. The van der Waals surface area contributed by atoms with E-state index in [0.29, 0.717) is 28.6 Å². The van der Waals surface area contributed by atoms with Crippen molar-refractivity contribution >= 4 is 29.5 Å². The van der Waals surface area contributed by atoms with Crippen LogP contribution in [0.3, 0.4) is 0 Å². The van der Waals surface area contributed by atoms with Crippen LogP contribution in [0.25, 0.3) is 16.8 Å². The maximum absolute atomic E-state index is 13.2. The Morgan fingerprint density at radius 1 is 1.09 bits per heavy atom. The highest BCUT2D eigenvalue weighted by Crippen LogP contribution is 2.43. The Hall–Kier alpha value is -4.77. The van der Waals surface area contributed by atoms with Gasteiger partial charge in [-0.15, -0.1) is 0 Å². The van der Waals surface area contributed by atoms with Crippen LogP contribution in [0.5, 0.6) is 0 Å². The third-order valence-electron chi connectivity index (χ3n) is 7.99. The average molecular weight is 575 g/mol. The zero-order valence-electron chi connectivity index (χ0n) is 25.1. The van der Waals surface area contributed by atoms with Crippen LogP contribution in [0.1, 0.15) is 85.1 Å². The Bertz CT molecular complexity index is 1660. The van der Waals surface area contributed by atoms with Gasteiger partial charge in [-0.2, -0.15) is 5.26 Å². The van der Waals surface area contributed by atoms with Gasteiger partial charge in [-0.25, -0.2) is 4.99 Å². The maximum Gasteiger partial charge on any atom is 0.255 e. The predicted molar refractivity (Wildman–Crippen MR) is 170 cm³/mol. The second kappa shape index (κ2) is 12.2. The van der Waals surface area contributed by atoms with Crippen LogP contribution in [0.2, 0.25) is 0 Å². The molecule has 2 aliphatic rings. The van der Waals surface area contributed by atoms with Crippen LogP contribution in [0.15, 0.2) is 65.8 Å². The number of amides is 2. The van der Waals surface area contributed by atoms with E-state index in [1.165, 1.54) is 11.9 Å². The highest BCUT2D eigenvalue weighted by molar-refractivity contribution is 6.04. The lowest BCUT2D eigenvalue weighted by atomic mass is 9.90. The Balaban J connectivity index is 1.46. The first-order chi connectivity index (χ1) is 20.6. The number of carbonyl (C=O) groups excluding carboxylic acids is 2. The molecule has 2 saturated carbocycles. The number of nitrogens with two attached hydrogens (primary N) is 1. The van der Waals surface area contributed by atoms with E-state index in [1.807, 2.05) is 38.1 Å². The molecule has 1 atom stereocenters. The van der Waals surface area contributed by atoms with Gasteiger partial charge in [0.1, 0.15) is 0 Å². The van der Waals surface area contributed by atoms with E-state index in [-0.39, 0.29) is 23.8 Å². The van der Waals surface area contributed by atoms with Gasteiger partial charge >= 0.3 is 0 Å². The standard InChI is InChI=1S/C35H38N6O2/c1-21-5-10-29(41-34(43)25-11-12-38-32(17-25)35(3,4)19-36)18-30(21)27-14-26(23-6-7-23)15-28(16-27)31(39-20-37)13-22(2)40-33(42)24-8-9-24/h5,10-18,20,22-24H,6-9H2,1-4H3,(H2,37,39)(H,40,42)(H,41,43)/b31-13-. The first-order valence-electron chi connectivity index (χ1n) is 14.8. The molecule has 1 unspecified atom stereocenters. The minimum absolute atomic E-state index is 0.0819. The number of aliphatic imine (C=N–C) groups is 1. The molecular weight excluding hydrogens is 536 g/mol. The zero-order chi connectivity index (χ0) is 30.7. The molecule has 220 valence electrons. The quantitative estimate of drug-likeness (QED) is 0.195. The number of benzene rings is 2. The van der Waals surface area contributed by atoms with E-state index in [0.717, 1.165) is 47.9 Å². The molecule has 0 spiro atoms. The summed E-state index contributed by atoms with van der Waals surface area (Å²) in [5.41, 5.74) is 12.5. The van der Waals surface area contributed by atoms with Crippen LogP contribution in [-0.4, -0.2) is 29.2 Å². The number of nitriles is 1. The van der Waals surface area contributed by atoms with Crippen molar-refractivity contribution in [3.63, 3.8) is 0 Å². The molecule has 4 N–H and O–H groups in total. The van der Waals surface area contributed by atoms with Gasteiger partial charge in [-0.3, -0.25) is 14.6 Å². The van der Waals surface area contributed by atoms with Gasteiger partial charge in [-0.05, 0) is 124 Å². The van der Waals surface area contributed by atoms with Gasteiger partial charge in [0.15, 0.2) is 0 Å². The highest BCUT2D eigenvalue weighted by atomic mass is 16.2. The molecule has 2 aliphatic carbocycles. The van der Waals surface area contributed by atoms with Crippen LogP contribution in [0, 0.1) is 24.2 Å². The molecule has 2 aromatic carbocycles. The number of rotatable bonds is 10. The molecule has 3 aromatic rings. The lowest BCUT2D eigenvalue weighted by Gasteiger charge is -2.16. The second-order valence-corrected chi connectivity index (χ2v) is 12.2. The summed E-state index contributed by atoms with van der Waals surface area (Å²) in [6.45, 7) is 7.55. The molecule has 0 saturated heterocycles. The van der Waals surface area contributed by atoms with Crippen molar-refractivity contribution in [2.75, 3.05) is 5.32 Å². The molecule has 2 fully saturated rings. The van der Waals surface area contributed by atoms with Gasteiger partial charge in [0.25, 0.3) is 5.91 Å². The number of hydrogen-bond donors (Lipinski definition) is 3. The topological polar surface area (TPSA) is 133 Å². The molecule has 8 nitrogen and oxygen atoms in total. The number of aryl methyl sites for hydroxylation is 1. The summed E-state index contributed by atoms with van der Waals surface area (Å²) in [5, 5.41) is 15.6. The van der Waals surface area contributed by atoms with E-state index >= 15 is 0 Å². The number of nitrogens with zero attached hydrogens (tertiary/aromatic N) is 3. The lowest BCUT2D eigenvalue weighted by molar-refractivity contribution is -0.122. The fourth-order valence-corrected chi connectivity index (χ4v) is 5.05. The van der Waals surface area contributed by atoms with Crippen molar-refractivity contribution in [1.82, 2.24) is 10.3 Å². The number of aromatic nitrogens is 1. The monoisotopic (exact) mass is 574 g/mol. The van der Waals surface area contributed by atoms with Crippen molar-refractivity contribution < 1.29 is 9.59 Å². The summed E-state index contributed by atoms with van der Waals surface area (Å²) in [7, 11) is 0. The normalized spacial score (nSPS) is 16.0. The van der Waals surface area contributed by atoms with E-state index in [1.54, 1.807) is 32.2 Å². The van der Waals surface area contributed by atoms with Gasteiger partial charge in [0.05, 0.1) is 29.2 Å². The molecule has 8 heteroatoms. The third kappa shape index (κ3) is 7.18. The molecule has 0 radical (unpaired) electrons. The van der Waals surface area contributed by atoms with Crippen molar-refractivity contribution in [2.24, 2.45) is 16.6 Å². The Morgan fingerprint density at radius 2 is 1.86 bits per heavy atom. The van der Waals surface area contributed by atoms with E-state index in [9.17, 15) is 14.9 Å². The molecule has 0 bridgehead atoms. The van der Waals surface area contributed by atoms with Crippen LogP contribution < -0.4 is 16.4 Å². The molecule has 1 heterocycles. The van der Waals surface area contributed by atoms with Crippen LogP contribution in [-0.2, 0) is 10.2 Å². The maximum atomic E-state index is 13.2. The van der Waals surface area contributed by atoms with E-state index < -0.39 is 5.41 Å².